The minimum atomic E-state index is -1.20. The van der Waals surface area contributed by atoms with Gasteiger partial charge in [0.05, 0.1) is 24.1 Å². The highest BCUT2D eigenvalue weighted by molar-refractivity contribution is 6.36. The van der Waals surface area contributed by atoms with Crippen molar-refractivity contribution in [2.24, 2.45) is 5.16 Å². The molecule has 1 atom stereocenters. The van der Waals surface area contributed by atoms with E-state index in [0.717, 1.165) is 22.2 Å². The molecule has 0 radical (unpaired) electrons. The van der Waals surface area contributed by atoms with Crippen LogP contribution in [-0.4, -0.2) is 38.5 Å². The number of benzene rings is 1. The lowest BCUT2D eigenvalue weighted by molar-refractivity contribution is 0.00156. The highest BCUT2D eigenvalue weighted by atomic mass is 35.5. The summed E-state index contributed by atoms with van der Waals surface area (Å²) < 4.78 is 5.70. The van der Waals surface area contributed by atoms with Crippen molar-refractivity contribution < 1.29 is 14.7 Å². The number of aromatic nitrogens is 3. The van der Waals surface area contributed by atoms with Gasteiger partial charge in [0, 0.05) is 16.5 Å². The van der Waals surface area contributed by atoms with Gasteiger partial charge in [0.25, 0.3) is 0 Å². The fourth-order valence-electron chi connectivity index (χ4n) is 3.87. The lowest BCUT2D eigenvalue weighted by Crippen LogP contribution is -2.30. The maximum Gasteiger partial charge on any atom is 0.163 e. The summed E-state index contributed by atoms with van der Waals surface area (Å²) in [4.78, 5) is 17.7. The zero-order valence-corrected chi connectivity index (χ0v) is 17.5. The average molecular weight is 403 g/mol. The number of rotatable bonds is 3. The first-order valence-electron chi connectivity index (χ1n) is 9.05. The van der Waals surface area contributed by atoms with Crippen LogP contribution in [0, 0.1) is 0 Å². The van der Waals surface area contributed by atoms with E-state index in [0.29, 0.717) is 16.8 Å². The molecule has 0 saturated heterocycles. The second-order valence-corrected chi connectivity index (χ2v) is 8.60. The van der Waals surface area contributed by atoms with Crippen molar-refractivity contribution in [1.29, 1.82) is 0 Å². The average Bonchev–Trinajstić information content (AvgIpc) is 3.08. The maximum atomic E-state index is 10.3. The molecule has 7 nitrogen and oxygen atoms in total. The van der Waals surface area contributed by atoms with Crippen molar-refractivity contribution in [2.75, 3.05) is 7.11 Å². The molecule has 8 heteroatoms. The third kappa shape index (κ3) is 2.81. The number of hydrogen-bond donors (Lipinski definition) is 2. The second kappa shape index (κ2) is 6.06. The van der Waals surface area contributed by atoms with Gasteiger partial charge in [-0.3, -0.25) is 0 Å². The number of methoxy groups -OCH3 is 1. The summed E-state index contributed by atoms with van der Waals surface area (Å²) in [5.74, 6) is 0.929. The molecule has 0 saturated carbocycles. The Morgan fingerprint density at radius 1 is 1.29 bits per heavy atom. The van der Waals surface area contributed by atoms with Crippen molar-refractivity contribution >= 4 is 39.2 Å². The molecule has 0 fully saturated rings. The standard InChI is InChI=1S/C20H23ClN4O3/c1-9-15(20(4,5)28-25-9)11-7-12-10(8-13(11)27-6)14-16(21)23-18(19(2,3)26)24-17(14)22-12/h7-8,15,26H,1-6H3,(H,22,23,24). The van der Waals surface area contributed by atoms with Crippen LogP contribution in [0.15, 0.2) is 17.3 Å². The van der Waals surface area contributed by atoms with Crippen molar-refractivity contribution in [3.8, 4) is 5.75 Å². The highest BCUT2D eigenvalue weighted by Gasteiger charge is 2.42. The number of halogens is 1. The summed E-state index contributed by atoms with van der Waals surface area (Å²) in [6, 6.07) is 3.96. The third-order valence-corrected chi connectivity index (χ3v) is 5.43. The SMILES string of the molecule is COc1cc2c(cc1C1C(C)=NOC1(C)C)[nH]c1nc(C(C)(C)O)nc(Cl)c12. The topological polar surface area (TPSA) is 92.6 Å². The summed E-state index contributed by atoms with van der Waals surface area (Å²) in [5.41, 5.74) is 1.60. The predicted molar refractivity (Wildman–Crippen MR) is 109 cm³/mol. The number of H-pyrrole nitrogens is 1. The molecule has 2 N–H and O–H groups in total. The van der Waals surface area contributed by atoms with E-state index in [-0.39, 0.29) is 16.9 Å². The molecule has 3 aromatic rings. The van der Waals surface area contributed by atoms with Gasteiger partial charge in [0.2, 0.25) is 0 Å². The van der Waals surface area contributed by atoms with Crippen molar-refractivity contribution in [3.05, 3.63) is 28.7 Å². The molecule has 2 aromatic heterocycles. The van der Waals surface area contributed by atoms with E-state index >= 15 is 0 Å². The Bertz CT molecular complexity index is 1130. The molecule has 0 spiro atoms. The minimum Gasteiger partial charge on any atom is -0.496 e. The smallest absolute Gasteiger partial charge is 0.163 e. The number of oxime groups is 1. The molecule has 148 valence electrons. The van der Waals surface area contributed by atoms with Crippen LogP contribution < -0.4 is 4.74 Å². The second-order valence-electron chi connectivity index (χ2n) is 8.25. The van der Waals surface area contributed by atoms with Gasteiger partial charge in [0.1, 0.15) is 27.8 Å². The summed E-state index contributed by atoms with van der Waals surface area (Å²) in [7, 11) is 1.64. The fourth-order valence-corrected chi connectivity index (χ4v) is 4.14. The van der Waals surface area contributed by atoms with Gasteiger partial charge in [-0.15, -0.1) is 0 Å². The molecule has 4 rings (SSSR count). The Labute approximate surface area is 167 Å². The van der Waals surface area contributed by atoms with E-state index in [4.69, 9.17) is 21.2 Å². The predicted octanol–water partition coefficient (Wildman–Crippen LogP) is 4.27. The first kappa shape index (κ1) is 19.0. The molecule has 0 aliphatic carbocycles. The number of nitrogens with one attached hydrogen (secondary N) is 1. The van der Waals surface area contributed by atoms with E-state index in [9.17, 15) is 5.11 Å². The molecule has 1 aliphatic heterocycles. The zero-order valence-electron chi connectivity index (χ0n) is 16.7. The number of ether oxygens (including phenoxy) is 1. The summed E-state index contributed by atoms with van der Waals surface area (Å²) >= 11 is 6.46. The fraction of sp³-hybridized carbons (Fsp3) is 0.450. The van der Waals surface area contributed by atoms with Crippen LogP contribution in [0.3, 0.4) is 0 Å². The van der Waals surface area contributed by atoms with Crippen LogP contribution in [0.4, 0.5) is 0 Å². The number of aliphatic hydroxyl groups is 1. The van der Waals surface area contributed by atoms with Crippen molar-refractivity contribution in [2.45, 2.75) is 51.7 Å². The Kier molecular flexibility index (Phi) is 4.10. The van der Waals surface area contributed by atoms with E-state index in [1.54, 1.807) is 21.0 Å². The molecule has 28 heavy (non-hydrogen) atoms. The molecule has 0 bridgehead atoms. The van der Waals surface area contributed by atoms with Gasteiger partial charge < -0.3 is 19.7 Å². The first-order valence-corrected chi connectivity index (χ1v) is 9.43. The molecule has 1 aromatic carbocycles. The van der Waals surface area contributed by atoms with Gasteiger partial charge in [-0.25, -0.2) is 9.97 Å². The summed E-state index contributed by atoms with van der Waals surface area (Å²) in [6.07, 6.45) is 0. The lowest BCUT2D eigenvalue weighted by atomic mass is 9.81. The Hall–Kier alpha value is -2.38. The van der Waals surface area contributed by atoms with Crippen LogP contribution in [-0.2, 0) is 10.4 Å². The van der Waals surface area contributed by atoms with Gasteiger partial charge in [-0.1, -0.05) is 16.8 Å². The first-order chi connectivity index (χ1) is 13.0. The van der Waals surface area contributed by atoms with Crippen LogP contribution in [0.1, 0.15) is 51.9 Å². The summed E-state index contributed by atoms with van der Waals surface area (Å²) in [5, 5.41) is 16.3. The number of hydrogen-bond acceptors (Lipinski definition) is 6. The van der Waals surface area contributed by atoms with Gasteiger partial charge in [-0.2, -0.15) is 0 Å². The normalized spacial score (nSPS) is 19.1. The van der Waals surface area contributed by atoms with E-state index in [1.165, 1.54) is 0 Å². The lowest BCUT2D eigenvalue weighted by Gasteiger charge is -2.26. The van der Waals surface area contributed by atoms with Gasteiger partial charge >= 0.3 is 0 Å². The Morgan fingerprint density at radius 3 is 2.57 bits per heavy atom. The number of nitrogens with zero attached hydrogens (tertiary/aromatic N) is 3. The van der Waals surface area contributed by atoms with E-state index < -0.39 is 11.2 Å². The van der Waals surface area contributed by atoms with Gasteiger partial charge in [-0.05, 0) is 46.8 Å². The minimum absolute atomic E-state index is 0.0493. The highest BCUT2D eigenvalue weighted by Crippen LogP contribution is 2.44. The number of aromatic amines is 1. The molecule has 3 heterocycles. The van der Waals surface area contributed by atoms with Crippen molar-refractivity contribution in [3.63, 3.8) is 0 Å². The van der Waals surface area contributed by atoms with Crippen LogP contribution in [0.5, 0.6) is 5.75 Å². The number of fused-ring (bicyclic) bond motifs is 3. The van der Waals surface area contributed by atoms with Crippen molar-refractivity contribution in [1.82, 2.24) is 15.0 Å². The van der Waals surface area contributed by atoms with Crippen LogP contribution in [0.2, 0.25) is 5.15 Å². The third-order valence-electron chi connectivity index (χ3n) is 5.15. The quantitative estimate of drug-likeness (QED) is 0.638. The van der Waals surface area contributed by atoms with E-state index in [1.807, 2.05) is 32.9 Å². The largest absolute Gasteiger partial charge is 0.496 e. The van der Waals surface area contributed by atoms with Crippen LogP contribution >= 0.6 is 11.6 Å². The molecule has 0 amide bonds. The van der Waals surface area contributed by atoms with Gasteiger partial charge in [0.15, 0.2) is 5.82 Å². The Balaban J connectivity index is 1.99. The zero-order chi connectivity index (χ0) is 20.4. The Morgan fingerprint density at radius 2 is 2.00 bits per heavy atom. The molecule has 1 unspecified atom stereocenters. The summed E-state index contributed by atoms with van der Waals surface area (Å²) in [6.45, 7) is 9.21. The van der Waals surface area contributed by atoms with E-state index in [2.05, 4.69) is 20.1 Å². The monoisotopic (exact) mass is 402 g/mol. The molecular formula is C20H23ClN4O3. The van der Waals surface area contributed by atoms with Crippen LogP contribution in [0.25, 0.3) is 21.9 Å². The molecular weight excluding hydrogens is 380 g/mol. The molecule has 1 aliphatic rings. The maximum absolute atomic E-state index is 10.3.